The molecule has 26 heavy (non-hydrogen) atoms. The number of carbonyl (C=O) groups excluding carboxylic acids is 1. The van der Waals surface area contributed by atoms with Crippen molar-refractivity contribution in [2.24, 2.45) is 7.05 Å². The zero-order valence-electron chi connectivity index (χ0n) is 13.8. The molecule has 8 heteroatoms. The lowest BCUT2D eigenvalue weighted by Gasteiger charge is -2.08. The van der Waals surface area contributed by atoms with E-state index in [1.54, 1.807) is 42.6 Å². The van der Waals surface area contributed by atoms with E-state index in [0.29, 0.717) is 23.2 Å². The van der Waals surface area contributed by atoms with E-state index in [9.17, 15) is 9.59 Å². The third kappa shape index (κ3) is 4.46. The maximum absolute atomic E-state index is 12.1. The van der Waals surface area contributed by atoms with Crippen LogP contribution in [0.4, 0.5) is 5.82 Å². The predicted molar refractivity (Wildman–Crippen MR) is 97.5 cm³/mol. The molecule has 3 rings (SSSR count). The van der Waals surface area contributed by atoms with Crippen LogP contribution in [0.2, 0.25) is 5.02 Å². The van der Waals surface area contributed by atoms with Gasteiger partial charge >= 0.3 is 0 Å². The zero-order chi connectivity index (χ0) is 18.5. The van der Waals surface area contributed by atoms with Gasteiger partial charge in [-0.1, -0.05) is 17.7 Å². The quantitative estimate of drug-likeness (QED) is 0.746. The highest BCUT2D eigenvalue weighted by molar-refractivity contribution is 6.30. The first kappa shape index (κ1) is 17.6. The largest absolute Gasteiger partial charge is 0.489 e. The molecule has 3 aromatic rings. The molecule has 0 radical (unpaired) electrons. The number of amides is 1. The summed E-state index contributed by atoms with van der Waals surface area (Å²) < 4.78 is 6.73. The molecule has 0 saturated carbocycles. The van der Waals surface area contributed by atoms with Crippen molar-refractivity contribution in [3.8, 4) is 5.75 Å². The van der Waals surface area contributed by atoms with Crippen molar-refractivity contribution in [3.63, 3.8) is 0 Å². The molecule has 1 N–H and O–H groups in total. The van der Waals surface area contributed by atoms with E-state index in [0.717, 1.165) is 10.2 Å². The van der Waals surface area contributed by atoms with Crippen LogP contribution in [0.25, 0.3) is 0 Å². The van der Waals surface area contributed by atoms with Crippen LogP contribution in [-0.2, 0) is 13.7 Å². The number of aryl methyl sites for hydroxylation is 1. The van der Waals surface area contributed by atoms with E-state index in [1.165, 1.54) is 19.2 Å². The van der Waals surface area contributed by atoms with Gasteiger partial charge in [-0.2, -0.15) is 5.10 Å². The molecule has 0 fully saturated rings. The number of anilines is 1. The van der Waals surface area contributed by atoms with E-state index in [-0.39, 0.29) is 11.3 Å². The second-order valence-corrected chi connectivity index (χ2v) is 5.87. The number of nitrogens with zero attached hydrogens (tertiary/aromatic N) is 3. The molecule has 0 spiro atoms. The molecule has 0 aliphatic carbocycles. The molecule has 0 atom stereocenters. The number of rotatable bonds is 5. The Morgan fingerprint density at radius 1 is 1.15 bits per heavy atom. The summed E-state index contributed by atoms with van der Waals surface area (Å²) in [5.74, 6) is 0.631. The number of hydrogen-bond acceptors (Lipinski definition) is 5. The van der Waals surface area contributed by atoms with Gasteiger partial charge in [0, 0.05) is 29.9 Å². The van der Waals surface area contributed by atoms with Crippen LogP contribution in [0, 0.1) is 0 Å². The van der Waals surface area contributed by atoms with Crippen LogP contribution >= 0.6 is 11.6 Å². The fourth-order valence-electron chi connectivity index (χ4n) is 2.09. The lowest BCUT2D eigenvalue weighted by Crippen LogP contribution is -2.23. The minimum atomic E-state index is -0.446. The third-order valence-corrected chi connectivity index (χ3v) is 3.73. The SMILES string of the molecule is Cn1nc(C(=O)Nc2ccc(COc3ccc(Cl)cc3)cn2)ccc1=O. The first-order valence-electron chi connectivity index (χ1n) is 7.70. The van der Waals surface area contributed by atoms with Gasteiger partial charge in [-0.3, -0.25) is 9.59 Å². The Morgan fingerprint density at radius 2 is 1.92 bits per heavy atom. The molecule has 0 saturated heterocycles. The highest BCUT2D eigenvalue weighted by Gasteiger charge is 2.09. The second-order valence-electron chi connectivity index (χ2n) is 5.43. The highest BCUT2D eigenvalue weighted by atomic mass is 35.5. The number of aromatic nitrogens is 3. The topological polar surface area (TPSA) is 86.1 Å². The third-order valence-electron chi connectivity index (χ3n) is 3.48. The molecular weight excluding hydrogens is 356 g/mol. The minimum absolute atomic E-state index is 0.129. The molecule has 1 amide bonds. The van der Waals surface area contributed by atoms with Crippen LogP contribution in [0.15, 0.2) is 59.5 Å². The summed E-state index contributed by atoms with van der Waals surface area (Å²) in [7, 11) is 1.48. The standard InChI is InChI=1S/C18H15ClN4O3/c1-23-17(24)9-7-15(22-23)18(25)21-16-8-2-12(10-20-16)11-26-14-5-3-13(19)4-6-14/h2-10H,11H2,1H3,(H,20,21,25). The molecule has 7 nitrogen and oxygen atoms in total. The Bertz CT molecular complexity index is 969. The van der Waals surface area contributed by atoms with Crippen LogP contribution in [0.5, 0.6) is 5.75 Å². The summed E-state index contributed by atoms with van der Waals surface area (Å²) in [6.45, 7) is 0.339. The highest BCUT2D eigenvalue weighted by Crippen LogP contribution is 2.17. The van der Waals surface area contributed by atoms with Crippen molar-refractivity contribution >= 4 is 23.3 Å². The number of ether oxygens (including phenoxy) is 1. The molecule has 0 aliphatic heterocycles. The van der Waals surface area contributed by atoms with E-state index in [2.05, 4.69) is 15.4 Å². The van der Waals surface area contributed by atoms with Crippen molar-refractivity contribution in [3.05, 3.63) is 81.4 Å². The molecule has 2 heterocycles. The number of carbonyl (C=O) groups is 1. The second kappa shape index (κ2) is 7.79. The average molecular weight is 371 g/mol. The summed E-state index contributed by atoms with van der Waals surface area (Å²) in [4.78, 5) is 27.6. The van der Waals surface area contributed by atoms with Gasteiger partial charge in [0.1, 0.15) is 23.9 Å². The fraction of sp³-hybridized carbons (Fsp3) is 0.111. The number of hydrogen-bond donors (Lipinski definition) is 1. The number of pyridine rings is 1. The molecule has 0 bridgehead atoms. The lowest BCUT2D eigenvalue weighted by molar-refractivity contribution is 0.101. The minimum Gasteiger partial charge on any atom is -0.489 e. The van der Waals surface area contributed by atoms with Gasteiger partial charge in [0.15, 0.2) is 0 Å². The Morgan fingerprint density at radius 3 is 2.58 bits per heavy atom. The first-order valence-corrected chi connectivity index (χ1v) is 8.08. The van der Waals surface area contributed by atoms with E-state index >= 15 is 0 Å². The number of benzene rings is 1. The van der Waals surface area contributed by atoms with Crippen LogP contribution in [-0.4, -0.2) is 20.7 Å². The van der Waals surface area contributed by atoms with Crippen molar-refractivity contribution in [1.29, 1.82) is 0 Å². The summed E-state index contributed by atoms with van der Waals surface area (Å²) in [5.41, 5.74) is 0.687. The van der Waals surface area contributed by atoms with Crippen molar-refractivity contribution in [2.75, 3.05) is 5.32 Å². The van der Waals surface area contributed by atoms with Crippen molar-refractivity contribution < 1.29 is 9.53 Å². The van der Waals surface area contributed by atoms with Gasteiger partial charge in [0.05, 0.1) is 0 Å². The Balaban J connectivity index is 1.60. The molecule has 1 aromatic carbocycles. The van der Waals surface area contributed by atoms with Crippen LogP contribution in [0.1, 0.15) is 16.1 Å². The Labute approximate surface area is 154 Å². The molecule has 132 valence electrons. The van der Waals surface area contributed by atoms with E-state index in [1.807, 2.05) is 0 Å². The number of halogens is 1. The van der Waals surface area contributed by atoms with Gasteiger partial charge in [0.2, 0.25) is 0 Å². The summed E-state index contributed by atoms with van der Waals surface area (Å²) in [6, 6.07) is 13.2. The van der Waals surface area contributed by atoms with E-state index < -0.39 is 5.91 Å². The lowest BCUT2D eigenvalue weighted by atomic mass is 10.3. The van der Waals surface area contributed by atoms with Gasteiger partial charge in [-0.05, 0) is 36.4 Å². The van der Waals surface area contributed by atoms with Crippen molar-refractivity contribution in [1.82, 2.24) is 14.8 Å². The first-order chi connectivity index (χ1) is 12.5. The molecule has 0 aliphatic rings. The van der Waals surface area contributed by atoms with Gasteiger partial charge in [-0.15, -0.1) is 0 Å². The van der Waals surface area contributed by atoms with Crippen LogP contribution in [0.3, 0.4) is 0 Å². The summed E-state index contributed by atoms with van der Waals surface area (Å²) >= 11 is 5.83. The number of nitrogens with one attached hydrogen (secondary N) is 1. The van der Waals surface area contributed by atoms with Crippen molar-refractivity contribution in [2.45, 2.75) is 6.61 Å². The Kier molecular flexibility index (Phi) is 5.28. The van der Waals surface area contributed by atoms with E-state index in [4.69, 9.17) is 16.3 Å². The fourth-order valence-corrected chi connectivity index (χ4v) is 2.21. The summed E-state index contributed by atoms with van der Waals surface area (Å²) in [5, 5.41) is 7.16. The molecule has 0 unspecified atom stereocenters. The monoisotopic (exact) mass is 370 g/mol. The smallest absolute Gasteiger partial charge is 0.277 e. The molecular formula is C18H15ClN4O3. The Hall–Kier alpha value is -3.19. The van der Waals surface area contributed by atoms with Crippen LogP contribution < -0.4 is 15.6 Å². The summed E-state index contributed by atoms with van der Waals surface area (Å²) in [6.07, 6.45) is 1.61. The van der Waals surface area contributed by atoms with Gasteiger partial charge < -0.3 is 10.1 Å². The van der Waals surface area contributed by atoms with Gasteiger partial charge in [-0.25, -0.2) is 9.67 Å². The predicted octanol–water partition coefficient (Wildman–Crippen LogP) is 2.66. The maximum Gasteiger partial charge on any atom is 0.277 e. The normalized spacial score (nSPS) is 10.4. The zero-order valence-corrected chi connectivity index (χ0v) is 14.6. The molecule has 2 aromatic heterocycles. The maximum atomic E-state index is 12.1. The average Bonchev–Trinajstić information content (AvgIpc) is 2.64. The van der Waals surface area contributed by atoms with Gasteiger partial charge in [0.25, 0.3) is 11.5 Å².